The fourth-order valence-electron chi connectivity index (χ4n) is 4.99. The van der Waals surface area contributed by atoms with E-state index in [0.29, 0.717) is 51.1 Å². The fourth-order valence-corrected chi connectivity index (χ4v) is 5.12. The third kappa shape index (κ3) is 4.75. The number of nitrogens with one attached hydrogen (secondary N) is 1. The van der Waals surface area contributed by atoms with Gasteiger partial charge in [0, 0.05) is 34.2 Å². The second kappa shape index (κ2) is 10.3. The van der Waals surface area contributed by atoms with Gasteiger partial charge in [0.05, 0.1) is 44.6 Å². The molecule has 1 aliphatic carbocycles. The summed E-state index contributed by atoms with van der Waals surface area (Å²) in [5.41, 5.74) is 10.8. The van der Waals surface area contributed by atoms with Crippen molar-refractivity contribution in [2.24, 2.45) is 11.1 Å². The number of amides is 1. The summed E-state index contributed by atoms with van der Waals surface area (Å²) >= 11 is 5.97. The number of Topliss-reactive ketones (excluding diaryl/α,β-unsaturated/α-hetero) is 1. The number of nitrogens with zero attached hydrogens (tertiary/aromatic N) is 2. The average Bonchev–Trinajstić information content (AvgIpc) is 2.88. The lowest BCUT2D eigenvalue weighted by Crippen LogP contribution is -2.49. The number of ether oxygens (including phenoxy) is 3. The summed E-state index contributed by atoms with van der Waals surface area (Å²) in [4.78, 5) is 26.9. The molecule has 1 unspecified atom stereocenters. The number of halogens is 1. The van der Waals surface area contributed by atoms with Crippen molar-refractivity contribution >= 4 is 23.3 Å². The Morgan fingerprint density at radius 1 is 1.08 bits per heavy atom. The van der Waals surface area contributed by atoms with Gasteiger partial charge in [0.25, 0.3) is 5.91 Å². The Morgan fingerprint density at radius 3 is 2.26 bits per heavy atom. The van der Waals surface area contributed by atoms with E-state index in [1.165, 1.54) is 26.3 Å². The van der Waals surface area contributed by atoms with Crippen LogP contribution in [0.15, 0.2) is 59.1 Å². The van der Waals surface area contributed by atoms with Gasteiger partial charge in [-0.2, -0.15) is 5.26 Å². The lowest BCUT2D eigenvalue weighted by atomic mass is 9.69. The minimum Gasteiger partial charge on any atom is -0.496 e. The van der Waals surface area contributed by atoms with Crippen LogP contribution in [-0.2, 0) is 4.79 Å². The first-order valence-electron chi connectivity index (χ1n) is 11.9. The first-order valence-corrected chi connectivity index (χ1v) is 12.3. The minimum atomic E-state index is -0.836. The second-order valence-electron chi connectivity index (χ2n) is 9.88. The molecule has 3 N–H and O–H groups in total. The largest absolute Gasteiger partial charge is 0.496 e. The maximum atomic E-state index is 13.7. The number of carbonyl (C=O) groups is 2. The Bertz CT molecular complexity index is 1410. The first kappa shape index (κ1) is 26.9. The summed E-state index contributed by atoms with van der Waals surface area (Å²) in [6.07, 6.45) is 0.690. The van der Waals surface area contributed by atoms with Crippen LogP contribution in [-0.4, -0.2) is 38.0 Å². The molecule has 0 saturated heterocycles. The molecule has 2 aliphatic rings. The monoisotopic (exact) mass is 536 g/mol. The highest BCUT2D eigenvalue weighted by Crippen LogP contribution is 2.51. The quantitative estimate of drug-likeness (QED) is 0.554. The number of benzene rings is 2. The van der Waals surface area contributed by atoms with Crippen LogP contribution in [0.1, 0.15) is 48.5 Å². The molecule has 0 fully saturated rings. The average molecular weight is 537 g/mol. The van der Waals surface area contributed by atoms with Crippen molar-refractivity contribution in [3.63, 3.8) is 0 Å². The molecule has 1 heterocycles. The number of carbonyl (C=O) groups excluding carboxylic acids is 2. The molecule has 9 nitrogen and oxygen atoms in total. The normalized spacial score (nSPS) is 18.5. The van der Waals surface area contributed by atoms with Gasteiger partial charge in [-0.05, 0) is 42.2 Å². The number of ketones is 1. The van der Waals surface area contributed by atoms with Gasteiger partial charge in [-0.3, -0.25) is 15.0 Å². The lowest BCUT2D eigenvalue weighted by Gasteiger charge is -2.43. The van der Waals surface area contributed by atoms with Crippen molar-refractivity contribution in [3.05, 3.63) is 75.2 Å². The predicted molar refractivity (Wildman–Crippen MR) is 141 cm³/mol. The van der Waals surface area contributed by atoms with Gasteiger partial charge in [-0.15, -0.1) is 0 Å². The molecule has 2 aromatic rings. The number of hydrazine groups is 1. The maximum absolute atomic E-state index is 13.7. The summed E-state index contributed by atoms with van der Waals surface area (Å²) < 4.78 is 16.6. The van der Waals surface area contributed by atoms with Crippen molar-refractivity contribution in [1.29, 1.82) is 5.26 Å². The zero-order chi connectivity index (χ0) is 27.8. The molecule has 10 heteroatoms. The third-order valence-corrected chi connectivity index (χ3v) is 7.00. The predicted octanol–water partition coefficient (Wildman–Crippen LogP) is 4.45. The number of nitrogens with two attached hydrogens (primary N) is 1. The molecule has 198 valence electrons. The second-order valence-corrected chi connectivity index (χ2v) is 10.3. The topological polar surface area (TPSA) is 127 Å². The van der Waals surface area contributed by atoms with Crippen molar-refractivity contribution in [1.82, 2.24) is 10.4 Å². The number of nitriles is 1. The van der Waals surface area contributed by atoms with E-state index in [1.807, 2.05) is 13.8 Å². The number of methoxy groups -OCH3 is 3. The highest BCUT2D eigenvalue weighted by atomic mass is 35.5. The maximum Gasteiger partial charge on any atom is 0.270 e. The van der Waals surface area contributed by atoms with Gasteiger partial charge in [0.2, 0.25) is 0 Å². The number of rotatable bonds is 6. The van der Waals surface area contributed by atoms with Crippen LogP contribution in [0.4, 0.5) is 0 Å². The SMILES string of the molecule is COc1cc(OC)c(C2C(C#N)=C(N)N(NC(=O)c3ccc(Cl)cc3)C3=C2C(=O)CC(C)(C)C3)cc1OC. The Kier molecular flexibility index (Phi) is 7.29. The minimum absolute atomic E-state index is 0.0147. The smallest absolute Gasteiger partial charge is 0.270 e. The zero-order valence-electron chi connectivity index (χ0n) is 21.8. The van der Waals surface area contributed by atoms with E-state index in [4.69, 9.17) is 31.5 Å². The van der Waals surface area contributed by atoms with Gasteiger partial charge >= 0.3 is 0 Å². The standard InChI is InChI=1S/C28H29ClN4O5/c1-28(2)12-19-25(20(34)13-28)24(17-10-22(37-4)23(38-5)11-21(17)36-3)18(14-30)26(31)33(19)32-27(35)15-6-8-16(29)9-7-15/h6-11,24H,12-13,31H2,1-5H3,(H,32,35). The summed E-state index contributed by atoms with van der Waals surface area (Å²) in [6, 6.07) is 11.9. The molecule has 0 radical (unpaired) electrons. The van der Waals surface area contributed by atoms with E-state index in [1.54, 1.807) is 36.4 Å². The van der Waals surface area contributed by atoms with Crippen LogP contribution in [0.2, 0.25) is 5.02 Å². The Balaban J connectivity index is 1.92. The highest BCUT2D eigenvalue weighted by Gasteiger charge is 2.46. The summed E-state index contributed by atoms with van der Waals surface area (Å²) in [5, 5.41) is 12.1. The Morgan fingerprint density at radius 2 is 1.68 bits per heavy atom. The van der Waals surface area contributed by atoms with E-state index >= 15 is 0 Å². The van der Waals surface area contributed by atoms with Crippen LogP contribution in [0.25, 0.3) is 0 Å². The Labute approximate surface area is 226 Å². The summed E-state index contributed by atoms with van der Waals surface area (Å²) in [5.74, 6) is -0.199. The van der Waals surface area contributed by atoms with Gasteiger partial charge in [-0.25, -0.2) is 5.01 Å². The van der Waals surface area contributed by atoms with Crippen molar-refractivity contribution in [2.45, 2.75) is 32.6 Å². The molecule has 0 spiro atoms. The van der Waals surface area contributed by atoms with Crippen molar-refractivity contribution in [3.8, 4) is 23.3 Å². The van der Waals surface area contributed by atoms with E-state index in [9.17, 15) is 14.9 Å². The molecular formula is C28H29ClN4O5. The van der Waals surface area contributed by atoms with Crippen molar-refractivity contribution < 1.29 is 23.8 Å². The number of hydrogen-bond acceptors (Lipinski definition) is 8. The van der Waals surface area contributed by atoms with Crippen LogP contribution >= 0.6 is 11.6 Å². The van der Waals surface area contributed by atoms with Gasteiger partial charge in [-0.1, -0.05) is 25.4 Å². The van der Waals surface area contributed by atoms with E-state index in [-0.39, 0.29) is 23.6 Å². The molecule has 0 saturated carbocycles. The molecule has 0 aromatic heterocycles. The summed E-state index contributed by atoms with van der Waals surface area (Å²) in [7, 11) is 4.49. The first-order chi connectivity index (χ1) is 18.0. The van der Waals surface area contributed by atoms with Crippen LogP contribution in [0.3, 0.4) is 0 Å². The molecule has 1 atom stereocenters. The zero-order valence-corrected chi connectivity index (χ0v) is 22.6. The molecule has 1 aliphatic heterocycles. The summed E-state index contributed by atoms with van der Waals surface area (Å²) in [6.45, 7) is 3.94. The molecule has 38 heavy (non-hydrogen) atoms. The molecule has 2 aromatic carbocycles. The van der Waals surface area contributed by atoms with Crippen LogP contribution < -0.4 is 25.4 Å². The number of allylic oxidation sites excluding steroid dienone is 3. The van der Waals surface area contributed by atoms with Gasteiger partial charge < -0.3 is 19.9 Å². The molecule has 0 bridgehead atoms. The fraction of sp³-hybridized carbons (Fsp3) is 0.321. The Hall–Kier alpha value is -4.16. The molecular weight excluding hydrogens is 508 g/mol. The van der Waals surface area contributed by atoms with E-state index < -0.39 is 17.2 Å². The van der Waals surface area contributed by atoms with Gasteiger partial charge in [0.15, 0.2) is 17.3 Å². The lowest BCUT2D eigenvalue weighted by molar-refractivity contribution is -0.118. The van der Waals surface area contributed by atoms with E-state index in [0.717, 1.165) is 0 Å². The van der Waals surface area contributed by atoms with E-state index in [2.05, 4.69) is 11.5 Å². The number of hydrogen-bond donors (Lipinski definition) is 2. The van der Waals surface area contributed by atoms with Crippen molar-refractivity contribution in [2.75, 3.05) is 21.3 Å². The molecule has 4 rings (SSSR count). The van der Waals surface area contributed by atoms with Crippen LogP contribution in [0.5, 0.6) is 17.2 Å². The highest BCUT2D eigenvalue weighted by molar-refractivity contribution is 6.30. The van der Waals surface area contributed by atoms with Crippen LogP contribution in [0, 0.1) is 16.7 Å². The van der Waals surface area contributed by atoms with Gasteiger partial charge in [0.1, 0.15) is 11.6 Å². The molecule has 1 amide bonds. The third-order valence-electron chi connectivity index (χ3n) is 6.75.